The standard InChI is InChI=1S/C13H10N2O5/c16-12(17)9-3-4-14-13(15-9)18-6-8-1-2-10-11(5-8)20-7-19-10/h1-5H,6-7H2,(H,16,17). The van der Waals surface area contributed by atoms with Crippen molar-refractivity contribution in [3.63, 3.8) is 0 Å². The van der Waals surface area contributed by atoms with Crippen molar-refractivity contribution >= 4 is 5.97 Å². The molecule has 20 heavy (non-hydrogen) atoms. The molecule has 1 aliphatic rings. The van der Waals surface area contributed by atoms with E-state index in [1.165, 1.54) is 12.3 Å². The monoisotopic (exact) mass is 274 g/mol. The summed E-state index contributed by atoms with van der Waals surface area (Å²) in [6.07, 6.45) is 1.34. The number of carbonyl (C=O) groups is 1. The average Bonchev–Trinajstić information content (AvgIpc) is 2.93. The Morgan fingerprint density at radius 3 is 3.00 bits per heavy atom. The Balaban J connectivity index is 1.70. The summed E-state index contributed by atoms with van der Waals surface area (Å²) in [5, 5.41) is 8.82. The number of hydrogen-bond donors (Lipinski definition) is 1. The summed E-state index contributed by atoms with van der Waals surface area (Å²) in [7, 11) is 0. The lowest BCUT2D eigenvalue weighted by atomic mass is 10.2. The maximum atomic E-state index is 10.8. The summed E-state index contributed by atoms with van der Waals surface area (Å²) in [5.41, 5.74) is 0.735. The lowest BCUT2D eigenvalue weighted by Crippen LogP contribution is -2.05. The second-order valence-corrected chi connectivity index (χ2v) is 4.01. The normalized spacial score (nSPS) is 12.2. The molecule has 1 N–H and O–H groups in total. The van der Waals surface area contributed by atoms with Gasteiger partial charge in [-0.05, 0) is 23.8 Å². The molecule has 0 fully saturated rings. The van der Waals surface area contributed by atoms with Gasteiger partial charge < -0.3 is 19.3 Å². The van der Waals surface area contributed by atoms with Crippen molar-refractivity contribution in [1.82, 2.24) is 9.97 Å². The Bertz CT molecular complexity index is 659. The molecule has 0 saturated carbocycles. The molecule has 0 radical (unpaired) electrons. The largest absolute Gasteiger partial charge is 0.477 e. The van der Waals surface area contributed by atoms with Crippen LogP contribution in [0.4, 0.5) is 0 Å². The number of carboxylic acids is 1. The van der Waals surface area contributed by atoms with Gasteiger partial charge in [-0.1, -0.05) is 6.07 Å². The van der Waals surface area contributed by atoms with E-state index in [1.54, 1.807) is 12.1 Å². The van der Waals surface area contributed by atoms with E-state index >= 15 is 0 Å². The SMILES string of the molecule is O=C(O)c1ccnc(OCc2ccc3c(c2)OCO3)n1. The molecule has 0 bridgehead atoms. The lowest BCUT2D eigenvalue weighted by molar-refractivity contribution is 0.0688. The van der Waals surface area contributed by atoms with Gasteiger partial charge in [0, 0.05) is 6.20 Å². The molecule has 0 saturated heterocycles. The molecule has 2 heterocycles. The van der Waals surface area contributed by atoms with E-state index in [9.17, 15) is 4.79 Å². The van der Waals surface area contributed by atoms with Gasteiger partial charge in [0.2, 0.25) is 6.79 Å². The van der Waals surface area contributed by atoms with Gasteiger partial charge in [-0.2, -0.15) is 4.98 Å². The molecule has 0 aliphatic carbocycles. The van der Waals surface area contributed by atoms with Crippen molar-refractivity contribution < 1.29 is 24.1 Å². The molecular formula is C13H10N2O5. The van der Waals surface area contributed by atoms with Gasteiger partial charge in [0.15, 0.2) is 17.2 Å². The minimum absolute atomic E-state index is 0.0163. The number of aromatic nitrogens is 2. The summed E-state index contributed by atoms with van der Waals surface area (Å²) in [4.78, 5) is 18.4. The fourth-order valence-corrected chi connectivity index (χ4v) is 1.71. The molecule has 7 heteroatoms. The van der Waals surface area contributed by atoms with E-state index in [2.05, 4.69) is 9.97 Å². The van der Waals surface area contributed by atoms with Gasteiger partial charge in [0.25, 0.3) is 0 Å². The first kappa shape index (κ1) is 12.2. The minimum atomic E-state index is -1.12. The third kappa shape index (κ3) is 2.46. The lowest BCUT2D eigenvalue weighted by Gasteiger charge is -2.05. The molecule has 0 atom stereocenters. The first-order valence-electron chi connectivity index (χ1n) is 5.80. The maximum Gasteiger partial charge on any atom is 0.354 e. The molecule has 0 amide bonds. The highest BCUT2D eigenvalue weighted by Gasteiger charge is 2.13. The molecule has 0 spiro atoms. The van der Waals surface area contributed by atoms with Crippen molar-refractivity contribution in [2.45, 2.75) is 6.61 Å². The Hall–Kier alpha value is -2.83. The molecule has 2 aromatic rings. The number of ether oxygens (including phenoxy) is 3. The Morgan fingerprint density at radius 1 is 1.30 bits per heavy atom. The zero-order valence-electron chi connectivity index (χ0n) is 10.3. The summed E-state index contributed by atoms with van der Waals surface area (Å²) < 4.78 is 15.8. The molecular weight excluding hydrogens is 264 g/mol. The van der Waals surface area contributed by atoms with Crippen molar-refractivity contribution in [2.24, 2.45) is 0 Å². The van der Waals surface area contributed by atoms with Crippen LogP contribution in [0.2, 0.25) is 0 Å². The first-order valence-corrected chi connectivity index (χ1v) is 5.80. The number of carboxylic acid groups (broad SMARTS) is 1. The third-order valence-electron chi connectivity index (χ3n) is 2.66. The van der Waals surface area contributed by atoms with Crippen molar-refractivity contribution in [3.8, 4) is 17.5 Å². The van der Waals surface area contributed by atoms with Crippen LogP contribution in [0.1, 0.15) is 16.1 Å². The topological polar surface area (TPSA) is 90.8 Å². The summed E-state index contributed by atoms with van der Waals surface area (Å²) in [5.74, 6) is 0.226. The predicted molar refractivity (Wildman–Crippen MR) is 65.9 cm³/mol. The smallest absolute Gasteiger partial charge is 0.354 e. The second-order valence-electron chi connectivity index (χ2n) is 4.01. The molecule has 3 rings (SSSR count). The van der Waals surface area contributed by atoms with Crippen LogP contribution in [0.5, 0.6) is 17.5 Å². The highest BCUT2D eigenvalue weighted by atomic mass is 16.7. The summed E-state index contributed by atoms with van der Waals surface area (Å²) in [6.45, 7) is 0.420. The fraction of sp³-hybridized carbons (Fsp3) is 0.154. The van der Waals surface area contributed by atoms with Crippen LogP contribution in [-0.2, 0) is 6.61 Å². The summed E-state index contributed by atoms with van der Waals surface area (Å²) in [6, 6.07) is 6.73. The minimum Gasteiger partial charge on any atom is -0.477 e. The van der Waals surface area contributed by atoms with Gasteiger partial charge in [0.1, 0.15) is 6.61 Å². The second kappa shape index (κ2) is 5.04. The molecule has 0 unspecified atom stereocenters. The van der Waals surface area contributed by atoms with E-state index in [4.69, 9.17) is 19.3 Å². The highest BCUT2D eigenvalue weighted by molar-refractivity contribution is 5.85. The molecule has 1 aromatic carbocycles. The number of aromatic carboxylic acids is 1. The molecule has 1 aliphatic heterocycles. The average molecular weight is 274 g/mol. The van der Waals surface area contributed by atoms with Crippen LogP contribution in [-0.4, -0.2) is 27.8 Å². The Morgan fingerprint density at radius 2 is 2.15 bits per heavy atom. The third-order valence-corrected chi connectivity index (χ3v) is 2.66. The zero-order chi connectivity index (χ0) is 13.9. The quantitative estimate of drug-likeness (QED) is 0.902. The van der Waals surface area contributed by atoms with Gasteiger partial charge in [-0.25, -0.2) is 9.78 Å². The van der Waals surface area contributed by atoms with Crippen LogP contribution in [0.3, 0.4) is 0 Å². The van der Waals surface area contributed by atoms with Crippen LogP contribution in [0.15, 0.2) is 30.5 Å². The molecule has 102 valence electrons. The van der Waals surface area contributed by atoms with E-state index < -0.39 is 5.97 Å². The van der Waals surface area contributed by atoms with Gasteiger partial charge >= 0.3 is 12.0 Å². The van der Waals surface area contributed by atoms with E-state index in [0.717, 1.165) is 5.56 Å². The fourth-order valence-electron chi connectivity index (χ4n) is 1.71. The Labute approximate surface area is 113 Å². The number of hydrogen-bond acceptors (Lipinski definition) is 6. The van der Waals surface area contributed by atoms with E-state index in [1.807, 2.05) is 6.07 Å². The van der Waals surface area contributed by atoms with Crippen molar-refractivity contribution in [2.75, 3.05) is 6.79 Å². The van der Waals surface area contributed by atoms with Crippen LogP contribution in [0, 0.1) is 0 Å². The first-order chi connectivity index (χ1) is 9.72. The molecule has 7 nitrogen and oxygen atoms in total. The maximum absolute atomic E-state index is 10.8. The Kier molecular flexibility index (Phi) is 3.08. The number of benzene rings is 1. The van der Waals surface area contributed by atoms with Gasteiger partial charge in [0.05, 0.1) is 0 Å². The van der Waals surface area contributed by atoms with Crippen LogP contribution >= 0.6 is 0 Å². The van der Waals surface area contributed by atoms with Crippen LogP contribution < -0.4 is 14.2 Å². The number of fused-ring (bicyclic) bond motifs is 1. The van der Waals surface area contributed by atoms with E-state index in [0.29, 0.717) is 11.5 Å². The van der Waals surface area contributed by atoms with Gasteiger partial charge in [-0.15, -0.1) is 0 Å². The predicted octanol–water partition coefficient (Wildman–Crippen LogP) is 1.48. The van der Waals surface area contributed by atoms with Gasteiger partial charge in [-0.3, -0.25) is 0 Å². The van der Waals surface area contributed by atoms with Crippen molar-refractivity contribution in [3.05, 3.63) is 41.7 Å². The highest BCUT2D eigenvalue weighted by Crippen LogP contribution is 2.32. The number of nitrogens with zero attached hydrogens (tertiary/aromatic N) is 2. The zero-order valence-corrected chi connectivity index (χ0v) is 10.3. The van der Waals surface area contributed by atoms with Crippen molar-refractivity contribution in [1.29, 1.82) is 0 Å². The van der Waals surface area contributed by atoms with Crippen LogP contribution in [0.25, 0.3) is 0 Å². The summed E-state index contributed by atoms with van der Waals surface area (Å²) >= 11 is 0. The number of rotatable bonds is 4. The van der Waals surface area contributed by atoms with E-state index in [-0.39, 0.29) is 25.1 Å². The molecule has 1 aromatic heterocycles.